The van der Waals surface area contributed by atoms with E-state index in [2.05, 4.69) is 0 Å². The number of hydrogen-bond acceptors (Lipinski definition) is 1. The summed E-state index contributed by atoms with van der Waals surface area (Å²) in [5, 5.41) is 0. The van der Waals surface area contributed by atoms with E-state index in [1.54, 1.807) is 0 Å². The van der Waals surface area contributed by atoms with Crippen molar-refractivity contribution >= 4 is 18.1 Å². The number of rotatable bonds is 1. The first kappa shape index (κ1) is 8.90. The molecule has 0 atom stereocenters. The first-order valence-corrected chi connectivity index (χ1v) is 3.16. The van der Waals surface area contributed by atoms with Gasteiger partial charge in [0.25, 0.3) is 0 Å². The summed E-state index contributed by atoms with van der Waals surface area (Å²) in [5.41, 5.74) is 3.82. The third kappa shape index (κ3) is 1.69. The van der Waals surface area contributed by atoms with Gasteiger partial charge in [-0.25, -0.2) is 4.39 Å². The lowest BCUT2D eigenvalue weighted by Gasteiger charge is -2.15. The van der Waals surface area contributed by atoms with Crippen molar-refractivity contribution in [3.8, 4) is 0 Å². The van der Waals surface area contributed by atoms with Crippen molar-refractivity contribution in [2.24, 2.45) is 0 Å². The number of benzene rings is 1. The SMILES string of the molecule is Nc1ccc([B-](F)(F)F)c(F)c1. The molecule has 0 aromatic heterocycles. The van der Waals surface area contributed by atoms with Crippen LogP contribution in [-0.4, -0.2) is 6.98 Å². The Morgan fingerprint density at radius 2 is 1.75 bits per heavy atom. The van der Waals surface area contributed by atoms with Gasteiger partial charge in [-0.2, -0.15) is 0 Å². The highest BCUT2D eigenvalue weighted by Gasteiger charge is 2.28. The zero-order valence-electron chi connectivity index (χ0n) is 5.90. The molecule has 0 saturated heterocycles. The van der Waals surface area contributed by atoms with Crippen LogP contribution in [0.4, 0.5) is 23.0 Å². The fraction of sp³-hybridized carbons (Fsp3) is 0. The summed E-state index contributed by atoms with van der Waals surface area (Å²) in [5.74, 6) is -1.32. The summed E-state index contributed by atoms with van der Waals surface area (Å²) in [6.07, 6.45) is 0. The van der Waals surface area contributed by atoms with Crippen molar-refractivity contribution in [2.45, 2.75) is 0 Å². The normalized spacial score (nSPS) is 11.7. The van der Waals surface area contributed by atoms with Crippen LogP contribution in [0.5, 0.6) is 0 Å². The van der Waals surface area contributed by atoms with E-state index >= 15 is 0 Å². The number of anilines is 1. The molecule has 0 aliphatic heterocycles. The van der Waals surface area contributed by atoms with Crippen molar-refractivity contribution < 1.29 is 17.3 Å². The molecule has 1 rings (SSSR count). The van der Waals surface area contributed by atoms with E-state index in [4.69, 9.17) is 5.73 Å². The van der Waals surface area contributed by atoms with Crippen LogP contribution < -0.4 is 11.2 Å². The molecule has 66 valence electrons. The van der Waals surface area contributed by atoms with Gasteiger partial charge in [0.1, 0.15) is 0 Å². The smallest absolute Gasteiger partial charge is 0.445 e. The fourth-order valence-electron chi connectivity index (χ4n) is 0.809. The maximum atomic E-state index is 12.6. The highest BCUT2D eigenvalue weighted by Crippen LogP contribution is 2.13. The molecule has 0 saturated carbocycles. The van der Waals surface area contributed by atoms with E-state index in [0.29, 0.717) is 12.1 Å². The van der Waals surface area contributed by atoms with E-state index in [0.717, 1.165) is 6.07 Å². The van der Waals surface area contributed by atoms with Gasteiger partial charge in [-0.15, -0.1) is 0 Å². The van der Waals surface area contributed by atoms with Gasteiger partial charge in [0, 0.05) is 5.69 Å². The first-order valence-electron chi connectivity index (χ1n) is 3.16. The lowest BCUT2D eigenvalue weighted by molar-refractivity contribution is 0.494. The van der Waals surface area contributed by atoms with Gasteiger partial charge in [-0.05, 0) is 12.1 Å². The summed E-state index contributed by atoms with van der Waals surface area (Å²) in [6, 6.07) is 2.32. The van der Waals surface area contributed by atoms with Gasteiger partial charge in [-0.3, -0.25) is 0 Å². The second-order valence-corrected chi connectivity index (χ2v) is 2.36. The Morgan fingerprint density at radius 1 is 1.17 bits per heavy atom. The van der Waals surface area contributed by atoms with E-state index in [-0.39, 0.29) is 5.69 Å². The van der Waals surface area contributed by atoms with Crippen molar-refractivity contribution in [3.05, 3.63) is 24.0 Å². The standard InChI is InChI=1S/C6H5BF4N/c8-6-3-4(12)1-2-5(6)7(9,10)11/h1-3H,12H2/q-1. The highest BCUT2D eigenvalue weighted by molar-refractivity contribution is 6.73. The Kier molecular flexibility index (Phi) is 2.00. The third-order valence-corrected chi connectivity index (χ3v) is 1.38. The van der Waals surface area contributed by atoms with Gasteiger partial charge in [-0.1, -0.05) is 11.5 Å². The van der Waals surface area contributed by atoms with Crippen LogP contribution in [0.3, 0.4) is 0 Å². The molecule has 0 unspecified atom stereocenters. The number of nitrogens with two attached hydrogens (primary N) is 1. The number of hydrogen-bond donors (Lipinski definition) is 1. The molecule has 0 radical (unpaired) electrons. The Balaban J connectivity index is 3.19. The maximum Gasteiger partial charge on any atom is 0.512 e. The molecule has 0 amide bonds. The van der Waals surface area contributed by atoms with Crippen LogP contribution in [0, 0.1) is 5.82 Å². The largest absolute Gasteiger partial charge is 0.512 e. The van der Waals surface area contributed by atoms with Crippen molar-refractivity contribution in [3.63, 3.8) is 0 Å². The van der Waals surface area contributed by atoms with Gasteiger partial charge >= 0.3 is 6.98 Å². The quantitative estimate of drug-likeness (QED) is 0.393. The lowest BCUT2D eigenvalue weighted by Crippen LogP contribution is -2.36. The van der Waals surface area contributed by atoms with Crippen molar-refractivity contribution in [1.82, 2.24) is 0 Å². The Hall–Kier alpha value is -1.20. The van der Waals surface area contributed by atoms with Crippen LogP contribution >= 0.6 is 0 Å². The molecule has 0 aliphatic carbocycles. The maximum absolute atomic E-state index is 12.6. The molecule has 1 aromatic rings. The molecule has 0 bridgehead atoms. The van der Waals surface area contributed by atoms with E-state index in [1.165, 1.54) is 0 Å². The van der Waals surface area contributed by atoms with Gasteiger partial charge in [0.15, 0.2) is 0 Å². The van der Waals surface area contributed by atoms with E-state index in [1.807, 2.05) is 0 Å². The lowest BCUT2D eigenvalue weighted by atomic mass is 9.80. The summed E-state index contributed by atoms with van der Waals surface area (Å²) < 4.78 is 48.4. The minimum atomic E-state index is -5.27. The van der Waals surface area contributed by atoms with Crippen LogP contribution in [0.15, 0.2) is 18.2 Å². The highest BCUT2D eigenvalue weighted by atomic mass is 19.4. The zero-order valence-corrected chi connectivity index (χ0v) is 5.90. The predicted octanol–water partition coefficient (Wildman–Crippen LogP) is 1.46. The second-order valence-electron chi connectivity index (χ2n) is 2.36. The van der Waals surface area contributed by atoms with E-state index < -0.39 is 18.3 Å². The molecule has 0 heterocycles. The number of halogens is 4. The van der Waals surface area contributed by atoms with Crippen LogP contribution in [0.25, 0.3) is 0 Å². The average Bonchev–Trinajstić information content (AvgIpc) is 1.83. The van der Waals surface area contributed by atoms with Gasteiger partial charge in [0.2, 0.25) is 0 Å². The Bertz CT molecular complexity index is 296. The average molecular weight is 178 g/mol. The van der Waals surface area contributed by atoms with Crippen LogP contribution in [-0.2, 0) is 0 Å². The van der Waals surface area contributed by atoms with Gasteiger partial charge < -0.3 is 18.7 Å². The van der Waals surface area contributed by atoms with Crippen molar-refractivity contribution in [1.29, 1.82) is 0 Å². The topological polar surface area (TPSA) is 26.0 Å². The van der Waals surface area contributed by atoms with Crippen molar-refractivity contribution in [2.75, 3.05) is 5.73 Å². The Labute approximate surface area is 66.2 Å². The minimum absolute atomic E-state index is 0.0173. The summed E-state index contributed by atoms with van der Waals surface area (Å²) in [6.45, 7) is -5.27. The molecule has 12 heavy (non-hydrogen) atoms. The molecule has 0 spiro atoms. The molecule has 0 fully saturated rings. The number of nitrogen functional groups attached to an aromatic ring is 1. The molecular weight excluding hydrogens is 173 g/mol. The summed E-state index contributed by atoms with van der Waals surface area (Å²) in [7, 11) is 0. The molecule has 1 aromatic carbocycles. The molecule has 6 heteroatoms. The fourth-order valence-corrected chi connectivity index (χ4v) is 0.809. The summed E-state index contributed by atoms with van der Waals surface area (Å²) >= 11 is 0. The molecule has 2 N–H and O–H groups in total. The van der Waals surface area contributed by atoms with E-state index in [9.17, 15) is 17.3 Å². The second kappa shape index (κ2) is 2.69. The van der Waals surface area contributed by atoms with Crippen LogP contribution in [0.1, 0.15) is 0 Å². The Morgan fingerprint density at radius 3 is 2.17 bits per heavy atom. The molecule has 1 nitrogen and oxygen atoms in total. The predicted molar refractivity (Wildman–Crippen MR) is 39.5 cm³/mol. The molecular formula is C6H5BF4N-. The van der Waals surface area contributed by atoms with Crippen LogP contribution in [0.2, 0.25) is 0 Å². The zero-order chi connectivity index (χ0) is 9.35. The minimum Gasteiger partial charge on any atom is -0.445 e. The van der Waals surface area contributed by atoms with Gasteiger partial charge in [0.05, 0.1) is 5.82 Å². The third-order valence-electron chi connectivity index (χ3n) is 1.38. The first-order chi connectivity index (χ1) is 5.41. The molecule has 0 aliphatic rings. The monoisotopic (exact) mass is 178 g/mol. The summed E-state index contributed by atoms with van der Waals surface area (Å²) in [4.78, 5) is 0.